The molecule has 2 aliphatic rings. The lowest BCUT2D eigenvalue weighted by Gasteiger charge is -2.26. The molecule has 0 saturated carbocycles. The van der Waals surface area contributed by atoms with E-state index in [9.17, 15) is 8.42 Å². The van der Waals surface area contributed by atoms with E-state index < -0.39 is 10.0 Å². The minimum absolute atomic E-state index is 0.288. The standard InChI is InChI=1S/C12H16N2O3S2/c1-9-13-11-3-2-10(8-12(11)18-9)19(15,16)14-4-6-17-7-5-14/h2-3,8-9,13H,4-7H2,1H3. The van der Waals surface area contributed by atoms with Crippen LogP contribution in [0.5, 0.6) is 0 Å². The highest BCUT2D eigenvalue weighted by Gasteiger charge is 2.28. The Hall–Kier alpha value is -0.760. The van der Waals surface area contributed by atoms with Crippen LogP contribution in [-0.4, -0.2) is 44.4 Å². The van der Waals surface area contributed by atoms with Gasteiger partial charge in [-0.1, -0.05) is 11.8 Å². The van der Waals surface area contributed by atoms with Crippen LogP contribution in [0.2, 0.25) is 0 Å². The average molecular weight is 300 g/mol. The molecule has 0 amide bonds. The van der Waals surface area contributed by atoms with Crippen molar-refractivity contribution in [1.29, 1.82) is 0 Å². The number of thioether (sulfide) groups is 1. The summed E-state index contributed by atoms with van der Waals surface area (Å²) in [6, 6.07) is 5.29. The smallest absolute Gasteiger partial charge is 0.243 e. The quantitative estimate of drug-likeness (QED) is 0.898. The number of morpholine rings is 1. The molecule has 7 heteroatoms. The van der Waals surface area contributed by atoms with Crippen molar-refractivity contribution in [3.63, 3.8) is 0 Å². The zero-order valence-corrected chi connectivity index (χ0v) is 12.3. The summed E-state index contributed by atoms with van der Waals surface area (Å²) in [7, 11) is -3.39. The lowest BCUT2D eigenvalue weighted by atomic mass is 10.3. The second kappa shape index (κ2) is 4.97. The van der Waals surface area contributed by atoms with Crippen LogP contribution in [0.3, 0.4) is 0 Å². The Kier molecular flexibility index (Phi) is 3.46. The van der Waals surface area contributed by atoms with Gasteiger partial charge in [0.05, 0.1) is 23.5 Å². The van der Waals surface area contributed by atoms with Crippen molar-refractivity contribution in [1.82, 2.24) is 4.31 Å². The first-order valence-corrected chi connectivity index (χ1v) is 8.54. The summed E-state index contributed by atoms with van der Waals surface area (Å²) >= 11 is 1.65. The van der Waals surface area contributed by atoms with Crippen LogP contribution in [0.25, 0.3) is 0 Å². The van der Waals surface area contributed by atoms with E-state index in [0.717, 1.165) is 10.6 Å². The monoisotopic (exact) mass is 300 g/mol. The van der Waals surface area contributed by atoms with E-state index in [1.165, 1.54) is 4.31 Å². The maximum Gasteiger partial charge on any atom is 0.243 e. The van der Waals surface area contributed by atoms with Crippen molar-refractivity contribution < 1.29 is 13.2 Å². The van der Waals surface area contributed by atoms with Crippen molar-refractivity contribution >= 4 is 27.5 Å². The molecule has 0 spiro atoms. The number of ether oxygens (including phenoxy) is 1. The van der Waals surface area contributed by atoms with Crippen molar-refractivity contribution in [2.24, 2.45) is 0 Å². The molecule has 1 fully saturated rings. The maximum atomic E-state index is 12.5. The van der Waals surface area contributed by atoms with Gasteiger partial charge in [0.2, 0.25) is 10.0 Å². The summed E-state index contributed by atoms with van der Waals surface area (Å²) in [6.07, 6.45) is 0. The van der Waals surface area contributed by atoms with Gasteiger partial charge in [-0.25, -0.2) is 8.42 Å². The number of hydrogen-bond acceptors (Lipinski definition) is 5. The first kappa shape index (κ1) is 13.2. The second-order valence-electron chi connectivity index (χ2n) is 4.58. The van der Waals surface area contributed by atoms with E-state index in [2.05, 4.69) is 12.2 Å². The molecule has 0 aromatic heterocycles. The summed E-state index contributed by atoms with van der Waals surface area (Å²) in [4.78, 5) is 1.37. The molecular formula is C12H16N2O3S2. The predicted octanol–water partition coefficient (Wildman–Crippen LogP) is 1.57. The zero-order chi connectivity index (χ0) is 13.5. The summed E-state index contributed by atoms with van der Waals surface area (Å²) in [5, 5.41) is 3.58. The number of benzene rings is 1. The van der Waals surface area contributed by atoms with Gasteiger partial charge in [-0.3, -0.25) is 0 Å². The van der Waals surface area contributed by atoms with Crippen molar-refractivity contribution in [2.45, 2.75) is 22.1 Å². The Labute approximate surface area is 117 Å². The molecule has 0 bridgehead atoms. The van der Waals surface area contributed by atoms with Crippen molar-refractivity contribution in [2.75, 3.05) is 31.6 Å². The molecule has 1 N–H and O–H groups in total. The summed E-state index contributed by atoms with van der Waals surface area (Å²) in [5.74, 6) is 0. The van der Waals surface area contributed by atoms with Crippen molar-refractivity contribution in [3.8, 4) is 0 Å². The van der Waals surface area contributed by atoms with E-state index in [4.69, 9.17) is 4.74 Å². The molecule has 2 aliphatic heterocycles. The highest BCUT2D eigenvalue weighted by atomic mass is 32.2. The zero-order valence-electron chi connectivity index (χ0n) is 10.6. The number of nitrogens with one attached hydrogen (secondary N) is 1. The van der Waals surface area contributed by atoms with Gasteiger partial charge < -0.3 is 10.1 Å². The van der Waals surface area contributed by atoms with Crippen molar-refractivity contribution in [3.05, 3.63) is 18.2 Å². The molecule has 5 nitrogen and oxygen atoms in total. The predicted molar refractivity (Wildman–Crippen MR) is 75.0 cm³/mol. The van der Waals surface area contributed by atoms with Gasteiger partial charge in [0.1, 0.15) is 0 Å². The van der Waals surface area contributed by atoms with Gasteiger partial charge in [0.25, 0.3) is 0 Å². The first-order chi connectivity index (χ1) is 9.07. The highest BCUT2D eigenvalue weighted by Crippen LogP contribution is 2.39. The van der Waals surface area contributed by atoms with E-state index >= 15 is 0 Å². The molecule has 104 valence electrons. The molecule has 1 aromatic rings. The van der Waals surface area contributed by atoms with Crippen LogP contribution in [0.1, 0.15) is 6.92 Å². The fraction of sp³-hybridized carbons (Fsp3) is 0.500. The third-order valence-corrected chi connectivity index (χ3v) is 6.18. The minimum atomic E-state index is -3.39. The Balaban J connectivity index is 1.91. The lowest BCUT2D eigenvalue weighted by Crippen LogP contribution is -2.40. The third kappa shape index (κ3) is 2.47. The molecule has 1 atom stereocenters. The number of rotatable bonds is 2. The van der Waals surface area contributed by atoms with Crippen LogP contribution in [0, 0.1) is 0 Å². The van der Waals surface area contributed by atoms with Gasteiger partial charge >= 0.3 is 0 Å². The fourth-order valence-corrected chi connectivity index (χ4v) is 4.78. The molecule has 0 radical (unpaired) electrons. The second-order valence-corrected chi connectivity index (χ2v) is 7.90. The molecule has 3 rings (SSSR count). The molecular weight excluding hydrogens is 284 g/mol. The Morgan fingerprint density at radius 1 is 1.37 bits per heavy atom. The molecule has 1 saturated heterocycles. The number of fused-ring (bicyclic) bond motifs is 1. The number of anilines is 1. The number of hydrogen-bond donors (Lipinski definition) is 1. The minimum Gasteiger partial charge on any atom is -0.379 e. The normalized spacial score (nSPS) is 23.9. The van der Waals surface area contributed by atoms with Crippen LogP contribution >= 0.6 is 11.8 Å². The number of nitrogens with zero attached hydrogens (tertiary/aromatic N) is 1. The largest absolute Gasteiger partial charge is 0.379 e. The molecule has 1 aromatic carbocycles. The Morgan fingerprint density at radius 3 is 2.84 bits per heavy atom. The summed E-state index contributed by atoms with van der Waals surface area (Å²) < 4.78 is 31.7. The maximum absolute atomic E-state index is 12.5. The van der Waals surface area contributed by atoms with Gasteiger partial charge in [-0.05, 0) is 25.1 Å². The van der Waals surface area contributed by atoms with E-state index in [1.807, 2.05) is 6.07 Å². The highest BCUT2D eigenvalue weighted by molar-refractivity contribution is 8.00. The molecule has 19 heavy (non-hydrogen) atoms. The molecule has 1 unspecified atom stereocenters. The SMILES string of the molecule is CC1Nc2ccc(S(=O)(=O)N3CCOCC3)cc2S1. The van der Waals surface area contributed by atoms with Crippen LogP contribution in [0.15, 0.2) is 28.0 Å². The first-order valence-electron chi connectivity index (χ1n) is 6.22. The van der Waals surface area contributed by atoms with Crippen LogP contribution in [-0.2, 0) is 14.8 Å². The third-order valence-electron chi connectivity index (χ3n) is 3.22. The van der Waals surface area contributed by atoms with Gasteiger partial charge in [0.15, 0.2) is 0 Å². The van der Waals surface area contributed by atoms with E-state index in [0.29, 0.717) is 31.2 Å². The Morgan fingerprint density at radius 2 is 2.11 bits per heavy atom. The fourth-order valence-electron chi connectivity index (χ4n) is 2.25. The molecule has 2 heterocycles. The number of sulfonamides is 1. The topological polar surface area (TPSA) is 58.6 Å². The van der Waals surface area contributed by atoms with Crippen LogP contribution < -0.4 is 5.32 Å². The summed E-state index contributed by atoms with van der Waals surface area (Å²) in [5.41, 5.74) is 1.01. The van der Waals surface area contributed by atoms with Gasteiger partial charge in [-0.15, -0.1) is 0 Å². The van der Waals surface area contributed by atoms with Gasteiger partial charge in [0, 0.05) is 23.7 Å². The Bertz CT molecular complexity index is 583. The average Bonchev–Trinajstić information content (AvgIpc) is 2.78. The lowest BCUT2D eigenvalue weighted by molar-refractivity contribution is 0.0730. The molecule has 0 aliphatic carbocycles. The van der Waals surface area contributed by atoms with Crippen LogP contribution in [0.4, 0.5) is 5.69 Å². The van der Waals surface area contributed by atoms with E-state index in [-0.39, 0.29) is 5.37 Å². The summed E-state index contributed by atoms with van der Waals surface area (Å²) in [6.45, 7) is 3.86. The van der Waals surface area contributed by atoms with Gasteiger partial charge in [-0.2, -0.15) is 4.31 Å². The van der Waals surface area contributed by atoms with E-state index in [1.54, 1.807) is 23.9 Å².